The maximum Gasteiger partial charge on any atom is 0.422 e. The molecule has 1 atom stereocenters. The number of carbonyl (C=O) groups excluding carboxylic acids is 2. The summed E-state index contributed by atoms with van der Waals surface area (Å²) in [6.45, 7) is 8.20. The molecule has 1 saturated heterocycles. The summed E-state index contributed by atoms with van der Waals surface area (Å²) in [5.74, 6) is 0.139. The zero-order chi connectivity index (χ0) is 30.5. The Hall–Kier alpha value is -3.63. The fourth-order valence-corrected chi connectivity index (χ4v) is 5.24. The quantitative estimate of drug-likeness (QED) is 0.361. The molecule has 2 aromatic carbocycles. The molecule has 11 heteroatoms. The van der Waals surface area contributed by atoms with Crippen molar-refractivity contribution in [2.45, 2.75) is 71.2 Å². The number of benzene rings is 2. The summed E-state index contributed by atoms with van der Waals surface area (Å²) in [5.41, 5.74) is 2.85. The van der Waals surface area contributed by atoms with E-state index in [1.54, 1.807) is 37.8 Å². The minimum atomic E-state index is -4.48. The number of nitrogens with one attached hydrogen (secondary N) is 1. The van der Waals surface area contributed by atoms with Crippen molar-refractivity contribution < 1.29 is 37.0 Å². The van der Waals surface area contributed by atoms with Gasteiger partial charge >= 0.3 is 12.3 Å². The largest absolute Gasteiger partial charge is 0.488 e. The molecule has 4 rings (SSSR count). The van der Waals surface area contributed by atoms with Gasteiger partial charge in [0, 0.05) is 25.7 Å². The van der Waals surface area contributed by atoms with Gasteiger partial charge in [-0.3, -0.25) is 4.79 Å². The van der Waals surface area contributed by atoms with Crippen molar-refractivity contribution in [3.05, 3.63) is 53.1 Å². The molecule has 0 unspecified atom stereocenters. The molecule has 2 heterocycles. The number of rotatable bonds is 10. The van der Waals surface area contributed by atoms with Crippen molar-refractivity contribution in [2.75, 3.05) is 44.7 Å². The summed E-state index contributed by atoms with van der Waals surface area (Å²) in [6.07, 6.45) is -1.72. The second-order valence-electron chi connectivity index (χ2n) is 11.8. The first kappa shape index (κ1) is 31.3. The second kappa shape index (κ2) is 13.1. The van der Waals surface area contributed by atoms with Gasteiger partial charge in [-0.05, 0) is 82.7 Å². The number of amides is 2. The third-order valence-corrected chi connectivity index (χ3v) is 7.12. The van der Waals surface area contributed by atoms with Crippen LogP contribution in [0.2, 0.25) is 0 Å². The molecule has 1 fully saturated rings. The summed E-state index contributed by atoms with van der Waals surface area (Å²) < 4.78 is 54.5. The topological polar surface area (TPSA) is 80.3 Å². The fraction of sp³-hybridized carbons (Fsp3) is 0.548. The molecule has 8 nitrogen and oxygen atoms in total. The second-order valence-corrected chi connectivity index (χ2v) is 11.8. The number of anilines is 1. The minimum Gasteiger partial charge on any atom is -0.488 e. The Morgan fingerprint density at radius 1 is 1.05 bits per heavy atom. The average Bonchev–Trinajstić information content (AvgIpc) is 3.60. The monoisotopic (exact) mass is 591 g/mol. The number of likely N-dealkylation sites (tertiary alicyclic amines) is 1. The number of alkyl halides is 3. The molecule has 2 aliphatic rings. The molecule has 1 N–H and O–H groups in total. The summed E-state index contributed by atoms with van der Waals surface area (Å²) >= 11 is 0. The highest BCUT2D eigenvalue weighted by Crippen LogP contribution is 2.32. The molecule has 0 aliphatic carbocycles. The number of nitrogens with zero attached hydrogens (tertiary/aromatic N) is 2. The van der Waals surface area contributed by atoms with Gasteiger partial charge in [0.05, 0.1) is 17.8 Å². The smallest absolute Gasteiger partial charge is 0.422 e. The van der Waals surface area contributed by atoms with Gasteiger partial charge < -0.3 is 29.3 Å². The number of hydrogen-bond acceptors (Lipinski definition) is 6. The van der Waals surface area contributed by atoms with Gasteiger partial charge in [0.2, 0.25) is 0 Å². The van der Waals surface area contributed by atoms with E-state index in [9.17, 15) is 22.8 Å². The lowest BCUT2D eigenvalue weighted by atomic mass is 9.97. The molecular weight excluding hydrogens is 551 g/mol. The summed E-state index contributed by atoms with van der Waals surface area (Å²) in [4.78, 5) is 30.1. The zero-order valence-corrected chi connectivity index (χ0v) is 24.7. The molecule has 0 saturated carbocycles. The van der Waals surface area contributed by atoms with Gasteiger partial charge in [0.15, 0.2) is 18.1 Å². The molecule has 0 spiro atoms. The van der Waals surface area contributed by atoms with Crippen molar-refractivity contribution in [1.82, 2.24) is 9.80 Å². The Kier molecular flexibility index (Phi) is 9.78. The molecule has 2 amide bonds. The number of halogens is 3. The fourth-order valence-electron chi connectivity index (χ4n) is 5.24. The van der Waals surface area contributed by atoms with E-state index in [-0.39, 0.29) is 36.6 Å². The SMILES string of the molecule is C[C@H](Cc1cc2c(c(C(=O)N3CCCC3)c1)NCC2)N(CCOc1ccccc1OCC(F)(F)F)C(=O)OC(C)(C)C. The molecule has 2 aromatic rings. The molecular formula is C31H40F3N3O5. The first-order valence-electron chi connectivity index (χ1n) is 14.4. The van der Waals surface area contributed by atoms with Crippen molar-refractivity contribution >= 4 is 17.7 Å². The molecule has 2 aliphatic heterocycles. The Bertz CT molecular complexity index is 1260. The number of hydrogen-bond donors (Lipinski definition) is 1. The van der Waals surface area contributed by atoms with Gasteiger partial charge in [0.25, 0.3) is 5.91 Å². The van der Waals surface area contributed by atoms with Crippen LogP contribution in [-0.2, 0) is 17.6 Å². The van der Waals surface area contributed by atoms with Crippen molar-refractivity contribution in [3.8, 4) is 11.5 Å². The van der Waals surface area contributed by atoms with Crippen molar-refractivity contribution in [3.63, 3.8) is 0 Å². The first-order valence-corrected chi connectivity index (χ1v) is 14.4. The van der Waals surface area contributed by atoms with E-state index >= 15 is 0 Å². The maximum atomic E-state index is 13.4. The van der Waals surface area contributed by atoms with Crippen LogP contribution in [0.4, 0.5) is 23.7 Å². The van der Waals surface area contributed by atoms with Crippen LogP contribution in [0.25, 0.3) is 0 Å². The number of carbonyl (C=O) groups is 2. The highest BCUT2D eigenvalue weighted by atomic mass is 19.4. The molecule has 0 aromatic heterocycles. The predicted molar refractivity (Wildman–Crippen MR) is 153 cm³/mol. The van der Waals surface area contributed by atoms with Crippen LogP contribution < -0.4 is 14.8 Å². The van der Waals surface area contributed by atoms with Crippen LogP contribution in [0.1, 0.15) is 62.0 Å². The zero-order valence-electron chi connectivity index (χ0n) is 24.7. The van der Waals surface area contributed by atoms with Gasteiger partial charge in [-0.1, -0.05) is 18.2 Å². The average molecular weight is 592 g/mol. The van der Waals surface area contributed by atoms with E-state index in [4.69, 9.17) is 14.2 Å². The number of ether oxygens (including phenoxy) is 3. The van der Waals surface area contributed by atoms with E-state index in [2.05, 4.69) is 11.4 Å². The van der Waals surface area contributed by atoms with Crippen LogP contribution in [0.5, 0.6) is 11.5 Å². The van der Waals surface area contributed by atoms with Gasteiger partial charge in [0.1, 0.15) is 12.2 Å². The Balaban J connectivity index is 1.49. The van der Waals surface area contributed by atoms with E-state index in [1.807, 2.05) is 17.9 Å². The van der Waals surface area contributed by atoms with Crippen molar-refractivity contribution in [2.24, 2.45) is 0 Å². The Morgan fingerprint density at radius 2 is 1.71 bits per heavy atom. The Labute approximate surface area is 245 Å². The Morgan fingerprint density at radius 3 is 2.36 bits per heavy atom. The first-order chi connectivity index (χ1) is 19.8. The third kappa shape index (κ3) is 8.45. The highest BCUT2D eigenvalue weighted by Gasteiger charge is 2.30. The van der Waals surface area contributed by atoms with Crippen LogP contribution in [0, 0.1) is 0 Å². The third-order valence-electron chi connectivity index (χ3n) is 7.12. The predicted octanol–water partition coefficient (Wildman–Crippen LogP) is 6.08. The van der Waals surface area contributed by atoms with E-state index in [0.717, 1.165) is 55.7 Å². The number of fused-ring (bicyclic) bond motifs is 1. The van der Waals surface area contributed by atoms with Crippen LogP contribution >= 0.6 is 0 Å². The molecule has 42 heavy (non-hydrogen) atoms. The van der Waals surface area contributed by atoms with Gasteiger partial charge in [-0.25, -0.2) is 4.79 Å². The molecule has 0 bridgehead atoms. The van der Waals surface area contributed by atoms with Crippen molar-refractivity contribution in [1.29, 1.82) is 0 Å². The standard InChI is InChI=1S/C31H40F3N3O5/c1-21(17-22-18-23-11-12-35-27(23)24(19-22)28(38)36-13-7-8-14-36)37(29(39)42-30(2,3)4)15-16-40-25-9-5-6-10-26(25)41-20-31(32,33)34/h5-6,9-10,18-19,21,35H,7-8,11-17,20H2,1-4H3/t21-/m1/s1. The van der Waals surface area contributed by atoms with Crippen LogP contribution in [0.15, 0.2) is 36.4 Å². The molecule has 230 valence electrons. The van der Waals surface area contributed by atoms with E-state index < -0.39 is 24.5 Å². The minimum absolute atomic E-state index is 0.00276. The van der Waals surface area contributed by atoms with E-state index in [0.29, 0.717) is 12.0 Å². The van der Waals surface area contributed by atoms with E-state index in [1.165, 1.54) is 12.1 Å². The van der Waals surface area contributed by atoms with Gasteiger partial charge in [-0.2, -0.15) is 13.2 Å². The lowest BCUT2D eigenvalue weighted by molar-refractivity contribution is -0.153. The summed E-state index contributed by atoms with van der Waals surface area (Å²) in [7, 11) is 0. The van der Waals surface area contributed by atoms with Gasteiger partial charge in [-0.15, -0.1) is 0 Å². The molecule has 0 radical (unpaired) electrons. The number of para-hydroxylation sites is 2. The van der Waals surface area contributed by atoms with Crippen LogP contribution in [-0.4, -0.2) is 79.0 Å². The lowest BCUT2D eigenvalue weighted by Gasteiger charge is -2.32. The summed E-state index contributed by atoms with van der Waals surface area (Å²) in [5, 5.41) is 3.36. The maximum absolute atomic E-state index is 13.4. The highest BCUT2D eigenvalue weighted by molar-refractivity contribution is 6.01. The summed E-state index contributed by atoms with van der Waals surface area (Å²) in [6, 6.07) is 9.79. The lowest BCUT2D eigenvalue weighted by Crippen LogP contribution is -2.45. The van der Waals surface area contributed by atoms with Crippen LogP contribution in [0.3, 0.4) is 0 Å². The normalized spacial score (nSPS) is 15.5.